The van der Waals surface area contributed by atoms with Crippen molar-refractivity contribution >= 4 is 24.8 Å². The van der Waals surface area contributed by atoms with Gasteiger partial charge in [-0.15, -0.1) is 38.0 Å². The molecule has 1 aliphatic rings. The van der Waals surface area contributed by atoms with Crippen molar-refractivity contribution in [2.75, 3.05) is 26.2 Å². The van der Waals surface area contributed by atoms with Gasteiger partial charge in [-0.3, -0.25) is 4.90 Å². The summed E-state index contributed by atoms with van der Waals surface area (Å²) in [6.45, 7) is 6.00. The summed E-state index contributed by atoms with van der Waals surface area (Å²) in [6.07, 6.45) is -1.40. The summed E-state index contributed by atoms with van der Waals surface area (Å²) >= 11 is 0. The number of unbranched alkanes of at least 4 members (excludes halogenated alkanes) is 1. The molecule has 1 N–H and O–H groups in total. The molecule has 140 valence electrons. The molecule has 1 saturated heterocycles. The summed E-state index contributed by atoms with van der Waals surface area (Å²) in [7, 11) is 0. The van der Waals surface area contributed by atoms with Crippen LogP contribution in [-0.2, 0) is 0 Å². The molecule has 0 unspecified atom stereocenters. The van der Waals surface area contributed by atoms with Gasteiger partial charge in [0.15, 0.2) is 0 Å². The molecule has 0 amide bonds. The highest BCUT2D eigenvalue weighted by molar-refractivity contribution is 5.85. The van der Waals surface area contributed by atoms with Gasteiger partial charge in [-0.2, -0.15) is 0 Å². The lowest BCUT2D eigenvalue weighted by atomic mass is 9.98. The van der Waals surface area contributed by atoms with Crippen LogP contribution in [0.15, 0.2) is 24.3 Å². The van der Waals surface area contributed by atoms with E-state index in [9.17, 15) is 13.2 Å². The zero-order chi connectivity index (χ0) is 16.0. The highest BCUT2D eigenvalue weighted by Crippen LogP contribution is 2.29. The lowest BCUT2D eigenvalue weighted by molar-refractivity contribution is -0.274. The van der Waals surface area contributed by atoms with Crippen molar-refractivity contribution in [1.82, 2.24) is 10.2 Å². The second-order valence-electron chi connectivity index (χ2n) is 5.56. The molecule has 0 spiro atoms. The minimum absolute atomic E-state index is 0. The lowest BCUT2D eigenvalue weighted by Gasteiger charge is -2.35. The Morgan fingerprint density at radius 2 is 1.71 bits per heavy atom. The largest absolute Gasteiger partial charge is 0.573 e. The van der Waals surface area contributed by atoms with Crippen molar-refractivity contribution in [3.8, 4) is 5.75 Å². The molecule has 0 bridgehead atoms. The zero-order valence-electron chi connectivity index (χ0n) is 13.6. The third kappa shape index (κ3) is 7.47. The molecule has 2 rings (SSSR count). The number of rotatable bonds is 6. The number of nitrogens with zero attached hydrogens (tertiary/aromatic N) is 1. The highest BCUT2D eigenvalue weighted by Gasteiger charge is 2.31. The molecule has 1 aromatic rings. The van der Waals surface area contributed by atoms with E-state index in [0.717, 1.165) is 51.0 Å². The maximum Gasteiger partial charge on any atom is 0.573 e. The molecular formula is C16H25Cl2F3N2O. The monoisotopic (exact) mass is 388 g/mol. The van der Waals surface area contributed by atoms with Crippen molar-refractivity contribution in [3.05, 3.63) is 29.8 Å². The van der Waals surface area contributed by atoms with E-state index in [1.165, 1.54) is 12.1 Å². The van der Waals surface area contributed by atoms with Crippen LogP contribution in [0, 0.1) is 0 Å². The molecule has 24 heavy (non-hydrogen) atoms. The van der Waals surface area contributed by atoms with Gasteiger partial charge in [-0.05, 0) is 24.1 Å². The standard InChI is InChI=1S/C16H23F3N2O.2ClH/c1-2-3-4-15(21-11-9-20-10-12-21)13-5-7-14(8-6-13)22-16(17,18)19;;/h5-8,15,20H,2-4,9-12H2,1H3;2*1H/t15-;;/m0../s1. The number of hydrogen-bond acceptors (Lipinski definition) is 3. The predicted molar refractivity (Wildman–Crippen MR) is 94.3 cm³/mol. The van der Waals surface area contributed by atoms with Crippen LogP contribution in [0.4, 0.5) is 13.2 Å². The van der Waals surface area contributed by atoms with Gasteiger partial charge in [0.1, 0.15) is 5.75 Å². The summed E-state index contributed by atoms with van der Waals surface area (Å²) < 4.78 is 40.6. The van der Waals surface area contributed by atoms with Gasteiger partial charge in [0.25, 0.3) is 0 Å². The summed E-state index contributed by atoms with van der Waals surface area (Å²) in [6, 6.07) is 6.59. The van der Waals surface area contributed by atoms with Crippen molar-refractivity contribution < 1.29 is 17.9 Å². The van der Waals surface area contributed by atoms with Crippen molar-refractivity contribution in [3.63, 3.8) is 0 Å². The third-order valence-electron chi connectivity index (χ3n) is 3.92. The van der Waals surface area contributed by atoms with E-state index in [1.54, 1.807) is 12.1 Å². The Morgan fingerprint density at radius 3 is 2.21 bits per heavy atom. The topological polar surface area (TPSA) is 24.5 Å². The fraction of sp³-hybridized carbons (Fsp3) is 0.625. The van der Waals surface area contributed by atoms with Crippen LogP contribution in [-0.4, -0.2) is 37.4 Å². The van der Waals surface area contributed by atoms with E-state index in [4.69, 9.17) is 0 Å². The van der Waals surface area contributed by atoms with E-state index in [-0.39, 0.29) is 36.6 Å². The van der Waals surface area contributed by atoms with Crippen molar-refractivity contribution in [2.24, 2.45) is 0 Å². The van der Waals surface area contributed by atoms with Crippen LogP contribution in [0.5, 0.6) is 5.75 Å². The van der Waals surface area contributed by atoms with Crippen LogP contribution < -0.4 is 10.1 Å². The maximum absolute atomic E-state index is 12.2. The summed E-state index contributed by atoms with van der Waals surface area (Å²) in [4.78, 5) is 2.41. The first-order chi connectivity index (χ1) is 10.5. The molecule has 8 heteroatoms. The summed E-state index contributed by atoms with van der Waals surface area (Å²) in [5.74, 6) is -0.161. The Kier molecular flexibility index (Phi) is 10.7. The van der Waals surface area contributed by atoms with E-state index in [2.05, 4.69) is 21.9 Å². The van der Waals surface area contributed by atoms with E-state index in [1.807, 2.05) is 0 Å². The maximum atomic E-state index is 12.2. The highest BCUT2D eigenvalue weighted by atomic mass is 35.5. The second-order valence-corrected chi connectivity index (χ2v) is 5.56. The average Bonchev–Trinajstić information content (AvgIpc) is 2.49. The second kappa shape index (κ2) is 11.0. The predicted octanol–water partition coefficient (Wildman–Crippen LogP) is 4.57. The first-order valence-electron chi connectivity index (χ1n) is 7.80. The number of piperazine rings is 1. The SMILES string of the molecule is CCCC[C@@H](c1ccc(OC(F)(F)F)cc1)N1CCNCC1.Cl.Cl. The Hall–Kier alpha value is -0.690. The molecule has 1 aliphatic heterocycles. The van der Waals surface area contributed by atoms with E-state index >= 15 is 0 Å². The Labute approximate surface area is 153 Å². The van der Waals surface area contributed by atoms with Gasteiger partial charge >= 0.3 is 6.36 Å². The smallest absolute Gasteiger partial charge is 0.406 e. The first-order valence-corrected chi connectivity index (χ1v) is 7.80. The van der Waals surface area contributed by atoms with Gasteiger partial charge in [0, 0.05) is 32.2 Å². The number of alkyl halides is 3. The number of halogens is 5. The van der Waals surface area contributed by atoms with Gasteiger partial charge < -0.3 is 10.1 Å². The molecule has 1 fully saturated rings. The molecule has 0 radical (unpaired) electrons. The Morgan fingerprint density at radius 1 is 1.12 bits per heavy atom. The molecule has 0 aromatic heterocycles. The molecule has 1 aromatic carbocycles. The molecule has 3 nitrogen and oxygen atoms in total. The Bertz CT molecular complexity index is 452. The quantitative estimate of drug-likeness (QED) is 0.772. The van der Waals surface area contributed by atoms with E-state index < -0.39 is 6.36 Å². The van der Waals surface area contributed by atoms with Crippen molar-refractivity contribution in [2.45, 2.75) is 38.6 Å². The third-order valence-corrected chi connectivity index (χ3v) is 3.92. The number of ether oxygens (including phenoxy) is 1. The van der Waals surface area contributed by atoms with Crippen LogP contribution in [0.3, 0.4) is 0 Å². The van der Waals surface area contributed by atoms with Crippen LogP contribution in [0.25, 0.3) is 0 Å². The normalized spacial score (nSPS) is 16.7. The molecule has 0 aliphatic carbocycles. The minimum Gasteiger partial charge on any atom is -0.406 e. The molecule has 1 atom stereocenters. The molecular weight excluding hydrogens is 364 g/mol. The molecule has 1 heterocycles. The van der Waals surface area contributed by atoms with Gasteiger partial charge in [0.05, 0.1) is 0 Å². The van der Waals surface area contributed by atoms with Crippen LogP contribution in [0.1, 0.15) is 37.8 Å². The number of benzene rings is 1. The fourth-order valence-corrected chi connectivity index (χ4v) is 2.84. The Balaban J connectivity index is 0.00000264. The number of hydrogen-bond donors (Lipinski definition) is 1. The first kappa shape index (κ1) is 23.3. The van der Waals surface area contributed by atoms with Crippen LogP contribution in [0.2, 0.25) is 0 Å². The van der Waals surface area contributed by atoms with Gasteiger partial charge in [-0.1, -0.05) is 31.9 Å². The van der Waals surface area contributed by atoms with Crippen LogP contribution >= 0.6 is 24.8 Å². The zero-order valence-corrected chi connectivity index (χ0v) is 15.3. The van der Waals surface area contributed by atoms with Gasteiger partial charge in [-0.25, -0.2) is 0 Å². The number of nitrogens with one attached hydrogen (secondary N) is 1. The molecule has 0 saturated carbocycles. The lowest BCUT2D eigenvalue weighted by Crippen LogP contribution is -2.45. The fourth-order valence-electron chi connectivity index (χ4n) is 2.84. The summed E-state index contributed by atoms with van der Waals surface area (Å²) in [5.41, 5.74) is 1.06. The van der Waals surface area contributed by atoms with E-state index in [0.29, 0.717) is 0 Å². The van der Waals surface area contributed by atoms with Crippen molar-refractivity contribution in [1.29, 1.82) is 0 Å². The average molecular weight is 389 g/mol. The summed E-state index contributed by atoms with van der Waals surface area (Å²) in [5, 5.41) is 3.33. The minimum atomic E-state index is -4.64. The van der Waals surface area contributed by atoms with Gasteiger partial charge in [0.2, 0.25) is 0 Å².